The van der Waals surface area contributed by atoms with Crippen molar-refractivity contribution in [3.63, 3.8) is 0 Å². The number of nitriles is 1. The fourth-order valence-electron chi connectivity index (χ4n) is 3.69. The van der Waals surface area contributed by atoms with E-state index in [1.54, 1.807) is 47.0 Å². The molecule has 1 heterocycles. The van der Waals surface area contributed by atoms with Crippen LogP contribution in [0.3, 0.4) is 0 Å². The minimum Gasteiger partial charge on any atom is -0.370 e. The maximum atomic E-state index is 13.3. The molecule has 1 amide bonds. The lowest BCUT2D eigenvalue weighted by Gasteiger charge is -2.27. The predicted octanol–water partition coefficient (Wildman–Crippen LogP) is 2.70. The van der Waals surface area contributed by atoms with Crippen LogP contribution in [0.4, 0.5) is 5.69 Å². The predicted molar refractivity (Wildman–Crippen MR) is 128 cm³/mol. The van der Waals surface area contributed by atoms with Gasteiger partial charge in [0.1, 0.15) is 6.04 Å². The highest BCUT2D eigenvalue weighted by Crippen LogP contribution is 2.19. The smallest absolute Gasteiger partial charge is 0.241 e. The van der Waals surface area contributed by atoms with Gasteiger partial charge in [-0.25, -0.2) is 8.42 Å². The van der Waals surface area contributed by atoms with Crippen molar-refractivity contribution in [1.82, 2.24) is 9.62 Å². The molecule has 2 aromatic carbocycles. The van der Waals surface area contributed by atoms with Gasteiger partial charge in [0.2, 0.25) is 15.9 Å². The maximum absolute atomic E-state index is 13.3. The Morgan fingerprint density at radius 2 is 1.81 bits per heavy atom. The summed E-state index contributed by atoms with van der Waals surface area (Å²) in [5.41, 5.74) is 1.63. The van der Waals surface area contributed by atoms with Gasteiger partial charge in [-0.3, -0.25) is 4.79 Å². The van der Waals surface area contributed by atoms with E-state index in [2.05, 4.69) is 15.7 Å². The minimum atomic E-state index is -3.79. The monoisotopic (exact) mass is 472 g/mol. The summed E-state index contributed by atoms with van der Waals surface area (Å²) in [7, 11) is -3.79. The van der Waals surface area contributed by atoms with Crippen LogP contribution in [0.5, 0.6) is 0 Å². The quantitative estimate of drug-likeness (QED) is 0.635. The molecule has 7 nitrogen and oxygen atoms in total. The number of hydrogen-bond donors (Lipinski definition) is 1. The van der Waals surface area contributed by atoms with Crippen molar-refractivity contribution in [2.24, 2.45) is 0 Å². The number of anilines is 1. The highest BCUT2D eigenvalue weighted by atomic mass is 32.2. The number of carbonyl (C=O) groups excluding carboxylic acids is 1. The van der Waals surface area contributed by atoms with Crippen molar-refractivity contribution in [1.29, 1.82) is 5.26 Å². The van der Waals surface area contributed by atoms with Gasteiger partial charge >= 0.3 is 0 Å². The first-order valence-electron chi connectivity index (χ1n) is 10.5. The molecule has 2 aromatic rings. The van der Waals surface area contributed by atoms with E-state index >= 15 is 0 Å². The van der Waals surface area contributed by atoms with Gasteiger partial charge < -0.3 is 9.80 Å². The number of nitrogens with zero attached hydrogens (tertiary/aromatic N) is 3. The number of amides is 1. The van der Waals surface area contributed by atoms with Crippen LogP contribution in [-0.4, -0.2) is 63.5 Å². The molecule has 170 valence electrons. The number of thioether (sulfide) groups is 1. The molecule has 1 N–H and O–H groups in total. The Balaban J connectivity index is 1.70. The molecule has 1 fully saturated rings. The van der Waals surface area contributed by atoms with Gasteiger partial charge in [0.25, 0.3) is 0 Å². The van der Waals surface area contributed by atoms with Crippen LogP contribution >= 0.6 is 11.8 Å². The van der Waals surface area contributed by atoms with Crippen LogP contribution in [0.2, 0.25) is 0 Å². The Labute approximate surface area is 194 Å². The zero-order valence-electron chi connectivity index (χ0n) is 18.1. The molecule has 1 aliphatic rings. The number of carbonyl (C=O) groups is 1. The van der Waals surface area contributed by atoms with Gasteiger partial charge in [-0.15, -0.1) is 0 Å². The molecule has 0 bridgehead atoms. The molecule has 1 aliphatic heterocycles. The Bertz CT molecular complexity index is 1040. The molecule has 0 spiro atoms. The van der Waals surface area contributed by atoms with Crippen molar-refractivity contribution >= 4 is 33.4 Å². The van der Waals surface area contributed by atoms with Gasteiger partial charge in [-0.2, -0.15) is 21.7 Å². The molecule has 32 heavy (non-hydrogen) atoms. The molecule has 1 atom stereocenters. The fourth-order valence-corrected chi connectivity index (χ4v) is 5.40. The third-order valence-corrected chi connectivity index (χ3v) is 7.56. The molecule has 1 unspecified atom stereocenters. The van der Waals surface area contributed by atoms with Crippen molar-refractivity contribution < 1.29 is 13.2 Å². The second kappa shape index (κ2) is 11.4. The second-order valence-electron chi connectivity index (χ2n) is 7.59. The normalized spacial score (nSPS) is 15.6. The van der Waals surface area contributed by atoms with Crippen LogP contribution in [0.1, 0.15) is 18.4 Å². The van der Waals surface area contributed by atoms with Crippen LogP contribution in [-0.2, 0) is 14.8 Å². The molecule has 0 aliphatic carbocycles. The summed E-state index contributed by atoms with van der Waals surface area (Å²) in [4.78, 5) is 17.4. The van der Waals surface area contributed by atoms with Crippen LogP contribution in [0.25, 0.3) is 0 Å². The summed E-state index contributed by atoms with van der Waals surface area (Å²) in [6.07, 6.45) is 3.16. The second-order valence-corrected chi connectivity index (χ2v) is 10.3. The van der Waals surface area contributed by atoms with Crippen molar-refractivity contribution in [2.45, 2.75) is 23.8 Å². The SMILES string of the molecule is CSCCC(NS(=O)(=O)c1ccccc1)C(=O)N1CCCN(c2ccc(C#N)cc2)CC1. The molecule has 3 rings (SSSR count). The first-order valence-corrected chi connectivity index (χ1v) is 13.4. The molecule has 1 saturated heterocycles. The van der Waals surface area contributed by atoms with Gasteiger partial charge in [0.05, 0.1) is 16.5 Å². The summed E-state index contributed by atoms with van der Waals surface area (Å²) in [6.45, 7) is 2.54. The standard InChI is InChI=1S/C23H28N4O3S2/c1-31-17-12-22(25-32(29,30)21-6-3-2-4-7-21)23(28)27-14-5-13-26(15-16-27)20-10-8-19(18-24)9-11-20/h2-4,6-11,22,25H,5,12-17H2,1H3. The molecule has 9 heteroatoms. The largest absolute Gasteiger partial charge is 0.370 e. The van der Waals surface area contributed by atoms with Crippen molar-refractivity contribution in [3.05, 3.63) is 60.2 Å². The number of hydrogen-bond acceptors (Lipinski definition) is 6. The lowest BCUT2D eigenvalue weighted by molar-refractivity contribution is -0.132. The molecular weight excluding hydrogens is 444 g/mol. The van der Waals surface area contributed by atoms with E-state index < -0.39 is 16.1 Å². The van der Waals surface area contributed by atoms with E-state index in [-0.39, 0.29) is 10.8 Å². The van der Waals surface area contributed by atoms with E-state index in [4.69, 9.17) is 5.26 Å². The Morgan fingerprint density at radius 1 is 1.09 bits per heavy atom. The number of nitrogens with one attached hydrogen (secondary N) is 1. The molecule has 0 saturated carbocycles. The number of rotatable bonds is 8. The zero-order chi connectivity index (χ0) is 23.0. The summed E-state index contributed by atoms with van der Waals surface area (Å²) in [5, 5.41) is 8.99. The van der Waals surface area contributed by atoms with E-state index in [9.17, 15) is 13.2 Å². The van der Waals surface area contributed by atoms with Crippen molar-refractivity contribution in [2.75, 3.05) is 43.1 Å². The fraction of sp³-hybridized carbons (Fsp3) is 0.391. The van der Waals surface area contributed by atoms with Gasteiger partial charge in [0, 0.05) is 31.9 Å². The van der Waals surface area contributed by atoms with Gasteiger partial charge in [0.15, 0.2) is 0 Å². The number of benzene rings is 2. The van der Waals surface area contributed by atoms with E-state index in [1.807, 2.05) is 18.4 Å². The number of sulfonamides is 1. The first kappa shape index (κ1) is 24.1. The average molecular weight is 473 g/mol. The van der Waals surface area contributed by atoms with Crippen LogP contribution in [0.15, 0.2) is 59.5 Å². The highest BCUT2D eigenvalue weighted by molar-refractivity contribution is 7.98. The Kier molecular flexibility index (Phi) is 8.56. The summed E-state index contributed by atoms with van der Waals surface area (Å²) < 4.78 is 28.3. The van der Waals surface area contributed by atoms with Crippen LogP contribution in [0, 0.1) is 11.3 Å². The molecule has 0 aromatic heterocycles. The topological polar surface area (TPSA) is 93.5 Å². The Morgan fingerprint density at radius 3 is 2.47 bits per heavy atom. The van der Waals surface area contributed by atoms with E-state index in [0.717, 1.165) is 18.7 Å². The lowest BCUT2D eigenvalue weighted by atomic mass is 10.2. The van der Waals surface area contributed by atoms with Gasteiger partial charge in [-0.1, -0.05) is 18.2 Å². The Hall–Kier alpha value is -2.54. The summed E-state index contributed by atoms with van der Waals surface area (Å²) in [5.74, 6) is 0.499. The summed E-state index contributed by atoms with van der Waals surface area (Å²) in [6, 6.07) is 16.9. The molecule has 0 radical (unpaired) electrons. The van der Waals surface area contributed by atoms with Gasteiger partial charge in [-0.05, 0) is 61.2 Å². The van der Waals surface area contributed by atoms with Crippen molar-refractivity contribution in [3.8, 4) is 6.07 Å². The lowest BCUT2D eigenvalue weighted by Crippen LogP contribution is -2.49. The summed E-state index contributed by atoms with van der Waals surface area (Å²) >= 11 is 1.58. The zero-order valence-corrected chi connectivity index (χ0v) is 19.7. The first-order chi connectivity index (χ1) is 15.4. The third kappa shape index (κ3) is 6.25. The average Bonchev–Trinajstić information content (AvgIpc) is 3.08. The van der Waals surface area contributed by atoms with E-state index in [1.165, 1.54) is 12.1 Å². The van der Waals surface area contributed by atoms with Crippen LogP contribution < -0.4 is 9.62 Å². The third-order valence-electron chi connectivity index (χ3n) is 5.43. The minimum absolute atomic E-state index is 0.157. The maximum Gasteiger partial charge on any atom is 0.241 e. The molecular formula is C23H28N4O3S2. The van der Waals surface area contributed by atoms with E-state index in [0.29, 0.717) is 37.4 Å². The highest BCUT2D eigenvalue weighted by Gasteiger charge is 2.30.